The van der Waals surface area contributed by atoms with Crippen LogP contribution in [0.3, 0.4) is 0 Å². The van der Waals surface area contributed by atoms with E-state index in [1.165, 1.54) is 25.4 Å². The summed E-state index contributed by atoms with van der Waals surface area (Å²) < 4.78 is 9.97. The van der Waals surface area contributed by atoms with Crippen molar-refractivity contribution >= 4 is 40.1 Å². The Morgan fingerprint density at radius 3 is 2.40 bits per heavy atom. The molecule has 1 aromatic carbocycles. The number of nitrogens with zero attached hydrogens (tertiary/aromatic N) is 1. The zero-order valence-electron chi connectivity index (χ0n) is 16.9. The molecule has 0 saturated carbocycles. The van der Waals surface area contributed by atoms with Gasteiger partial charge in [0.05, 0.1) is 25.8 Å². The molecule has 30 heavy (non-hydrogen) atoms. The maximum Gasteiger partial charge on any atom is 0.410 e. The van der Waals surface area contributed by atoms with Gasteiger partial charge in [0.1, 0.15) is 5.00 Å². The van der Waals surface area contributed by atoms with Gasteiger partial charge < -0.3 is 19.7 Å². The number of hydrogen-bond donors (Lipinski definition) is 1. The highest BCUT2D eigenvalue weighted by atomic mass is 32.1. The number of hydrogen-bond acceptors (Lipinski definition) is 7. The first-order chi connectivity index (χ1) is 14.3. The van der Waals surface area contributed by atoms with Crippen LogP contribution in [-0.2, 0) is 22.4 Å². The number of methoxy groups -OCH3 is 1. The van der Waals surface area contributed by atoms with Gasteiger partial charge in [-0.25, -0.2) is 9.59 Å². The highest BCUT2D eigenvalue weighted by Crippen LogP contribution is 2.38. The predicted molar refractivity (Wildman–Crippen MR) is 111 cm³/mol. The number of ketones is 1. The molecular formula is C21H22N2O6S. The first-order valence-electron chi connectivity index (χ1n) is 9.42. The maximum atomic E-state index is 12.7. The normalized spacial score (nSPS) is 12.7. The van der Waals surface area contributed by atoms with Crippen molar-refractivity contribution in [2.45, 2.75) is 26.8 Å². The number of carbonyl (C=O) groups is 4. The van der Waals surface area contributed by atoms with Crippen LogP contribution in [0.4, 0.5) is 9.80 Å². The van der Waals surface area contributed by atoms with Gasteiger partial charge in [-0.1, -0.05) is 12.1 Å². The number of amides is 2. The third kappa shape index (κ3) is 4.35. The molecule has 0 atom stereocenters. The number of esters is 1. The molecule has 2 aromatic rings. The Morgan fingerprint density at radius 1 is 1.13 bits per heavy atom. The number of Topliss-reactive ketones (excluding diaryl/α,β-unsaturated/α-hetero) is 1. The highest BCUT2D eigenvalue weighted by Gasteiger charge is 2.31. The van der Waals surface area contributed by atoms with Crippen molar-refractivity contribution in [3.05, 3.63) is 51.4 Å². The average molecular weight is 430 g/mol. The monoisotopic (exact) mass is 430 g/mol. The second-order valence-corrected chi connectivity index (χ2v) is 7.76. The number of carbonyl (C=O) groups excluding carboxylic acids is 4. The fourth-order valence-corrected chi connectivity index (χ4v) is 4.46. The minimum absolute atomic E-state index is 0.0907. The molecule has 158 valence electrons. The van der Waals surface area contributed by atoms with E-state index in [4.69, 9.17) is 9.47 Å². The third-order valence-corrected chi connectivity index (χ3v) is 5.89. The standard InChI is InChI=1S/C21H22N2O6S/c1-4-29-21(27)23-10-9-15-16(11-23)30-19(17(15)20(26)28-3)22-18(25)14-7-5-13(6-8-14)12(2)24/h5-8H,4,9-11H2,1-3H3,(H,22,25). The number of nitrogens with one attached hydrogen (secondary N) is 1. The van der Waals surface area contributed by atoms with Crippen molar-refractivity contribution in [1.29, 1.82) is 0 Å². The fraction of sp³-hybridized carbons (Fsp3) is 0.333. The van der Waals surface area contributed by atoms with Crippen molar-refractivity contribution in [3.63, 3.8) is 0 Å². The molecule has 1 aliphatic rings. The van der Waals surface area contributed by atoms with Crippen molar-refractivity contribution in [2.24, 2.45) is 0 Å². The van der Waals surface area contributed by atoms with E-state index >= 15 is 0 Å². The van der Waals surface area contributed by atoms with E-state index in [1.54, 1.807) is 36.1 Å². The molecule has 1 N–H and O–H groups in total. The van der Waals surface area contributed by atoms with E-state index in [2.05, 4.69) is 5.32 Å². The lowest BCUT2D eigenvalue weighted by molar-refractivity contribution is 0.0600. The molecule has 0 aliphatic carbocycles. The van der Waals surface area contributed by atoms with Gasteiger partial charge in [-0.2, -0.15) is 0 Å². The van der Waals surface area contributed by atoms with Crippen LogP contribution in [0, 0.1) is 0 Å². The smallest absolute Gasteiger partial charge is 0.410 e. The van der Waals surface area contributed by atoms with Gasteiger partial charge in [0.15, 0.2) is 5.78 Å². The van der Waals surface area contributed by atoms with Gasteiger partial charge in [0.25, 0.3) is 5.91 Å². The molecule has 0 fully saturated rings. The molecular weight excluding hydrogens is 408 g/mol. The maximum absolute atomic E-state index is 12.7. The van der Waals surface area contributed by atoms with Gasteiger partial charge >= 0.3 is 12.1 Å². The van der Waals surface area contributed by atoms with E-state index in [-0.39, 0.29) is 12.4 Å². The molecule has 0 spiro atoms. The molecule has 2 amide bonds. The molecule has 3 rings (SSSR count). The lowest BCUT2D eigenvalue weighted by Gasteiger charge is -2.26. The minimum Gasteiger partial charge on any atom is -0.465 e. The molecule has 1 aromatic heterocycles. The Morgan fingerprint density at radius 2 is 1.80 bits per heavy atom. The predicted octanol–water partition coefficient (Wildman–Crippen LogP) is 3.50. The topological polar surface area (TPSA) is 102 Å². The summed E-state index contributed by atoms with van der Waals surface area (Å²) in [5.74, 6) is -1.04. The van der Waals surface area contributed by atoms with E-state index < -0.39 is 18.0 Å². The summed E-state index contributed by atoms with van der Waals surface area (Å²) in [6.45, 7) is 4.18. The second kappa shape index (κ2) is 9.08. The Labute approximate surface area is 177 Å². The van der Waals surface area contributed by atoms with Crippen molar-refractivity contribution in [2.75, 3.05) is 25.6 Å². The first-order valence-corrected chi connectivity index (χ1v) is 10.2. The highest BCUT2D eigenvalue weighted by molar-refractivity contribution is 7.17. The molecule has 9 heteroatoms. The number of anilines is 1. The summed E-state index contributed by atoms with van der Waals surface area (Å²) in [5, 5.41) is 3.15. The van der Waals surface area contributed by atoms with Crippen LogP contribution in [-0.4, -0.2) is 48.9 Å². The average Bonchev–Trinajstić information content (AvgIpc) is 3.10. The number of thiophene rings is 1. The zero-order chi connectivity index (χ0) is 21.8. The number of ether oxygens (including phenoxy) is 2. The minimum atomic E-state index is -0.542. The van der Waals surface area contributed by atoms with Gasteiger partial charge in [-0.3, -0.25) is 9.59 Å². The van der Waals surface area contributed by atoms with Gasteiger partial charge in [0.2, 0.25) is 0 Å². The Hall–Kier alpha value is -3.20. The van der Waals surface area contributed by atoms with Gasteiger partial charge in [0, 0.05) is 22.5 Å². The molecule has 2 heterocycles. The Bertz CT molecular complexity index is 996. The molecule has 0 saturated heterocycles. The van der Waals surface area contributed by atoms with Crippen LogP contribution in [0.15, 0.2) is 24.3 Å². The van der Waals surface area contributed by atoms with Crippen molar-refractivity contribution in [3.8, 4) is 0 Å². The van der Waals surface area contributed by atoms with Crippen molar-refractivity contribution < 1.29 is 28.7 Å². The lowest BCUT2D eigenvalue weighted by Crippen LogP contribution is -2.36. The SMILES string of the molecule is CCOC(=O)N1CCc2c(sc(NC(=O)c3ccc(C(C)=O)cc3)c2C(=O)OC)C1. The van der Waals surface area contributed by atoms with E-state index in [0.29, 0.717) is 41.2 Å². The largest absolute Gasteiger partial charge is 0.465 e. The number of fused-ring (bicyclic) bond motifs is 1. The summed E-state index contributed by atoms with van der Waals surface area (Å²) in [7, 11) is 1.28. The second-order valence-electron chi connectivity index (χ2n) is 6.66. The summed E-state index contributed by atoms with van der Waals surface area (Å²) >= 11 is 1.24. The molecule has 0 bridgehead atoms. The van der Waals surface area contributed by atoms with E-state index in [1.807, 2.05) is 0 Å². The van der Waals surface area contributed by atoms with Crippen LogP contribution in [0.5, 0.6) is 0 Å². The summed E-state index contributed by atoms with van der Waals surface area (Å²) in [4.78, 5) is 50.9. The molecule has 0 unspecified atom stereocenters. The Balaban J connectivity index is 1.87. The summed E-state index contributed by atoms with van der Waals surface area (Å²) in [5.41, 5.74) is 1.95. The van der Waals surface area contributed by atoms with Crippen LogP contribution in [0.25, 0.3) is 0 Å². The van der Waals surface area contributed by atoms with Crippen molar-refractivity contribution in [1.82, 2.24) is 4.90 Å². The first kappa shape index (κ1) is 21.5. The summed E-state index contributed by atoms with van der Waals surface area (Å²) in [6.07, 6.45) is 0.0467. The third-order valence-electron chi connectivity index (χ3n) is 4.75. The summed E-state index contributed by atoms with van der Waals surface area (Å²) in [6, 6.07) is 6.27. The number of rotatable bonds is 5. The quantitative estimate of drug-likeness (QED) is 0.575. The van der Waals surface area contributed by atoms with Gasteiger partial charge in [-0.05, 0) is 38.0 Å². The zero-order valence-corrected chi connectivity index (χ0v) is 17.8. The number of benzene rings is 1. The molecule has 0 radical (unpaired) electrons. The Kier molecular flexibility index (Phi) is 6.51. The van der Waals surface area contributed by atoms with E-state index in [9.17, 15) is 19.2 Å². The van der Waals surface area contributed by atoms with Crippen LogP contribution in [0.1, 0.15) is 55.4 Å². The van der Waals surface area contributed by atoms with Crippen LogP contribution < -0.4 is 5.32 Å². The van der Waals surface area contributed by atoms with Crippen LogP contribution in [0.2, 0.25) is 0 Å². The van der Waals surface area contributed by atoms with E-state index in [0.717, 1.165) is 10.4 Å². The van der Waals surface area contributed by atoms with Gasteiger partial charge in [-0.15, -0.1) is 11.3 Å². The molecule has 8 nitrogen and oxygen atoms in total. The van der Waals surface area contributed by atoms with Crippen LogP contribution >= 0.6 is 11.3 Å². The lowest BCUT2D eigenvalue weighted by atomic mass is 10.0. The fourth-order valence-electron chi connectivity index (χ4n) is 3.21. The molecule has 1 aliphatic heterocycles.